The fourth-order valence-corrected chi connectivity index (χ4v) is 1.61. The molecule has 2 N–H and O–H groups in total. The van der Waals surface area contributed by atoms with Crippen molar-refractivity contribution in [3.8, 4) is 0 Å². The number of non-ortho nitro benzene ring substituents is 1. The molecule has 0 aliphatic carbocycles. The number of benzene rings is 1. The first-order valence-corrected chi connectivity index (χ1v) is 7.09. The van der Waals surface area contributed by atoms with Crippen molar-refractivity contribution < 1.29 is 4.92 Å². The van der Waals surface area contributed by atoms with Crippen molar-refractivity contribution >= 4 is 5.69 Å². The Morgan fingerprint density at radius 1 is 1.16 bits per heavy atom. The zero-order valence-corrected chi connectivity index (χ0v) is 12.1. The van der Waals surface area contributed by atoms with Gasteiger partial charge >= 0.3 is 0 Å². The normalized spacial score (nSPS) is 9.63. The maximum absolute atomic E-state index is 10.5. The zero-order valence-electron chi connectivity index (χ0n) is 12.1. The molecule has 4 heteroatoms. The second-order valence-corrected chi connectivity index (χ2v) is 4.53. The molecule has 1 aromatic carbocycles. The summed E-state index contributed by atoms with van der Waals surface area (Å²) in [6.07, 6.45) is 6.79. The van der Waals surface area contributed by atoms with Crippen molar-refractivity contribution in [1.29, 1.82) is 0 Å². The highest BCUT2D eigenvalue weighted by Gasteiger charge is 2.04. The average molecular weight is 266 g/mol. The van der Waals surface area contributed by atoms with Crippen LogP contribution >= 0.6 is 0 Å². The molecule has 0 atom stereocenters. The maximum atomic E-state index is 10.5. The van der Waals surface area contributed by atoms with E-state index in [1.54, 1.807) is 12.1 Å². The van der Waals surface area contributed by atoms with Gasteiger partial charge in [-0.15, -0.1) is 0 Å². The van der Waals surface area contributed by atoms with Gasteiger partial charge in [0.25, 0.3) is 5.69 Å². The number of nitro benzene ring substituents is 1. The second-order valence-electron chi connectivity index (χ2n) is 4.53. The third-order valence-electron chi connectivity index (χ3n) is 2.75. The number of nitrogens with two attached hydrogens (primary N) is 1. The van der Waals surface area contributed by atoms with E-state index in [1.165, 1.54) is 31.7 Å². The molecule has 0 amide bonds. The van der Waals surface area contributed by atoms with Crippen LogP contribution in [-0.4, -0.2) is 11.5 Å². The van der Waals surface area contributed by atoms with Crippen LogP contribution in [0.5, 0.6) is 0 Å². The highest BCUT2D eigenvalue weighted by Crippen LogP contribution is 2.15. The Balaban J connectivity index is 0.000000555. The van der Waals surface area contributed by atoms with Gasteiger partial charge < -0.3 is 5.73 Å². The average Bonchev–Trinajstić information content (AvgIpc) is 2.41. The van der Waals surface area contributed by atoms with Crippen LogP contribution in [0, 0.1) is 10.1 Å². The third kappa shape index (κ3) is 9.19. The Labute approximate surface area is 116 Å². The molecule has 0 saturated carbocycles. The number of rotatable bonds is 7. The van der Waals surface area contributed by atoms with Crippen LogP contribution in [0.3, 0.4) is 0 Å². The third-order valence-corrected chi connectivity index (χ3v) is 2.75. The Morgan fingerprint density at radius 3 is 2.32 bits per heavy atom. The van der Waals surface area contributed by atoms with Gasteiger partial charge in [-0.3, -0.25) is 10.1 Å². The van der Waals surface area contributed by atoms with E-state index in [4.69, 9.17) is 5.73 Å². The lowest BCUT2D eigenvalue weighted by Crippen LogP contribution is -1.95. The number of aryl methyl sites for hydroxylation is 1. The van der Waals surface area contributed by atoms with Crippen molar-refractivity contribution in [1.82, 2.24) is 0 Å². The molecule has 4 nitrogen and oxygen atoms in total. The number of hydrogen-bond acceptors (Lipinski definition) is 3. The monoisotopic (exact) mass is 266 g/mol. The van der Waals surface area contributed by atoms with E-state index in [-0.39, 0.29) is 10.6 Å². The topological polar surface area (TPSA) is 69.2 Å². The first kappa shape index (κ1) is 17.6. The molecule has 0 aromatic heterocycles. The van der Waals surface area contributed by atoms with Gasteiger partial charge in [-0.1, -0.05) is 45.2 Å². The highest BCUT2D eigenvalue weighted by atomic mass is 16.6. The smallest absolute Gasteiger partial charge is 0.269 e. The lowest BCUT2D eigenvalue weighted by Gasteiger charge is -1.99. The summed E-state index contributed by atoms with van der Waals surface area (Å²) >= 11 is 0. The van der Waals surface area contributed by atoms with Crippen molar-refractivity contribution in [3.05, 3.63) is 39.9 Å². The highest BCUT2D eigenvalue weighted by molar-refractivity contribution is 5.34. The van der Waals surface area contributed by atoms with Crippen molar-refractivity contribution in [2.45, 2.75) is 52.4 Å². The van der Waals surface area contributed by atoms with E-state index in [0.717, 1.165) is 24.9 Å². The predicted octanol–water partition coefficient (Wildman–Crippen LogP) is 4.07. The molecule has 19 heavy (non-hydrogen) atoms. The van der Waals surface area contributed by atoms with Gasteiger partial charge in [-0.05, 0) is 31.4 Å². The summed E-state index contributed by atoms with van der Waals surface area (Å²) in [5.41, 5.74) is 6.40. The Bertz CT molecular complexity index is 352. The summed E-state index contributed by atoms with van der Waals surface area (Å²) in [6.45, 7) is 5.12. The molecule has 108 valence electrons. The second kappa shape index (κ2) is 11.7. The Kier molecular flexibility index (Phi) is 10.8. The van der Waals surface area contributed by atoms with Crippen LogP contribution < -0.4 is 5.73 Å². The van der Waals surface area contributed by atoms with Gasteiger partial charge in [-0.2, -0.15) is 0 Å². The Hall–Kier alpha value is -1.42. The SMILES string of the molecule is CCCCCc1cccc([N+](=O)[O-])c1.CCCCN. The fraction of sp³-hybridized carbons (Fsp3) is 0.600. The van der Waals surface area contributed by atoms with Gasteiger partial charge in [0.05, 0.1) is 4.92 Å². The molecule has 0 aliphatic rings. The molecule has 0 spiro atoms. The number of nitrogens with zero attached hydrogens (tertiary/aromatic N) is 1. The van der Waals surface area contributed by atoms with Crippen molar-refractivity contribution in [2.24, 2.45) is 5.73 Å². The summed E-state index contributed by atoms with van der Waals surface area (Å²) in [5.74, 6) is 0. The molecule has 0 bridgehead atoms. The molecule has 0 unspecified atom stereocenters. The van der Waals surface area contributed by atoms with Crippen LogP contribution in [0.1, 0.15) is 51.5 Å². The van der Waals surface area contributed by atoms with E-state index >= 15 is 0 Å². The van der Waals surface area contributed by atoms with Crippen LogP contribution in [0.2, 0.25) is 0 Å². The summed E-state index contributed by atoms with van der Waals surface area (Å²) in [5, 5.41) is 10.5. The van der Waals surface area contributed by atoms with E-state index < -0.39 is 0 Å². The lowest BCUT2D eigenvalue weighted by molar-refractivity contribution is -0.384. The zero-order chi connectivity index (χ0) is 14.5. The first-order valence-electron chi connectivity index (χ1n) is 7.09. The summed E-state index contributed by atoms with van der Waals surface area (Å²) < 4.78 is 0. The lowest BCUT2D eigenvalue weighted by atomic mass is 10.1. The van der Waals surface area contributed by atoms with E-state index in [2.05, 4.69) is 13.8 Å². The minimum absolute atomic E-state index is 0.194. The molecular formula is C15H26N2O2. The van der Waals surface area contributed by atoms with Gasteiger partial charge in [0.1, 0.15) is 0 Å². The quantitative estimate of drug-likeness (QED) is 0.459. The van der Waals surface area contributed by atoms with Crippen molar-refractivity contribution in [3.63, 3.8) is 0 Å². The van der Waals surface area contributed by atoms with E-state index in [1.807, 2.05) is 6.07 Å². The first-order chi connectivity index (χ1) is 9.15. The summed E-state index contributed by atoms with van der Waals surface area (Å²) in [6, 6.07) is 6.89. The van der Waals surface area contributed by atoms with Gasteiger partial charge in [0, 0.05) is 12.1 Å². The van der Waals surface area contributed by atoms with Gasteiger partial charge in [-0.25, -0.2) is 0 Å². The largest absolute Gasteiger partial charge is 0.330 e. The van der Waals surface area contributed by atoms with Crippen molar-refractivity contribution in [2.75, 3.05) is 6.54 Å². The standard InChI is InChI=1S/C11H15NO2.C4H11N/c1-2-3-4-6-10-7-5-8-11(9-10)12(13)14;1-2-3-4-5/h5,7-9H,2-4,6H2,1H3;2-5H2,1H3. The number of hydrogen-bond donors (Lipinski definition) is 1. The predicted molar refractivity (Wildman–Crippen MR) is 80.3 cm³/mol. The van der Waals surface area contributed by atoms with Crippen LogP contribution in [0.15, 0.2) is 24.3 Å². The molecule has 1 aromatic rings. The molecule has 0 saturated heterocycles. The summed E-state index contributed by atoms with van der Waals surface area (Å²) in [7, 11) is 0. The van der Waals surface area contributed by atoms with Crippen LogP contribution in [-0.2, 0) is 6.42 Å². The number of unbranched alkanes of at least 4 members (excludes halogenated alkanes) is 3. The number of nitro groups is 1. The van der Waals surface area contributed by atoms with E-state index in [0.29, 0.717) is 0 Å². The molecule has 0 heterocycles. The molecule has 0 radical (unpaired) electrons. The summed E-state index contributed by atoms with van der Waals surface area (Å²) in [4.78, 5) is 10.1. The van der Waals surface area contributed by atoms with Crippen LogP contribution in [0.25, 0.3) is 0 Å². The molecule has 0 aliphatic heterocycles. The minimum Gasteiger partial charge on any atom is -0.330 e. The fourth-order valence-electron chi connectivity index (χ4n) is 1.61. The molecule has 0 fully saturated rings. The van der Waals surface area contributed by atoms with Gasteiger partial charge in [0.15, 0.2) is 0 Å². The minimum atomic E-state index is -0.344. The maximum Gasteiger partial charge on any atom is 0.269 e. The molecular weight excluding hydrogens is 240 g/mol. The molecule has 1 rings (SSSR count). The Morgan fingerprint density at radius 2 is 1.84 bits per heavy atom. The van der Waals surface area contributed by atoms with Crippen LogP contribution in [0.4, 0.5) is 5.69 Å². The van der Waals surface area contributed by atoms with Gasteiger partial charge in [0.2, 0.25) is 0 Å². The van der Waals surface area contributed by atoms with E-state index in [9.17, 15) is 10.1 Å².